The average molecular weight is 589 g/mol. The Morgan fingerprint density at radius 2 is 0.977 bits per heavy atom. The predicted molar refractivity (Wildman–Crippen MR) is 193 cm³/mol. The highest BCUT2D eigenvalue weighted by atomic mass is 16.5. The highest BCUT2D eigenvalue weighted by Crippen LogP contribution is 2.19. The first-order valence-corrected chi connectivity index (χ1v) is 16.1. The monoisotopic (exact) mass is 588 g/mol. The highest BCUT2D eigenvalue weighted by molar-refractivity contribution is 5.31. The van der Waals surface area contributed by atoms with Gasteiger partial charge in [0.05, 0.1) is 11.2 Å². The van der Waals surface area contributed by atoms with E-state index in [1.54, 1.807) is 7.11 Å². The zero-order chi connectivity index (χ0) is 32.7. The number of hydrogen-bond donors (Lipinski definition) is 1. The zero-order valence-electron chi connectivity index (χ0n) is 29.6. The largest absolute Gasteiger partial charge is 0.390 e. The van der Waals surface area contributed by atoms with Crippen LogP contribution >= 0.6 is 0 Å². The molecule has 0 aromatic rings. The highest BCUT2D eigenvalue weighted by Gasteiger charge is 2.15. The van der Waals surface area contributed by atoms with Gasteiger partial charge >= 0.3 is 0 Å². The molecule has 0 fully saturated rings. The van der Waals surface area contributed by atoms with E-state index in [-0.39, 0.29) is 5.60 Å². The number of hydrogen-bond acceptors (Lipinski definition) is 2. The van der Waals surface area contributed by atoms with Gasteiger partial charge in [0.1, 0.15) is 0 Å². The molecule has 0 unspecified atom stereocenters. The van der Waals surface area contributed by atoms with Crippen molar-refractivity contribution in [2.75, 3.05) is 7.11 Å². The molecule has 0 saturated carbocycles. The van der Waals surface area contributed by atoms with Gasteiger partial charge in [0.25, 0.3) is 0 Å². The minimum Gasteiger partial charge on any atom is -0.390 e. The summed E-state index contributed by atoms with van der Waals surface area (Å²) in [6.45, 7) is 21.0. The maximum atomic E-state index is 9.84. The fraction of sp³-hybridized carbons (Fsp3) is 0.512. The molecule has 0 radical (unpaired) electrons. The summed E-state index contributed by atoms with van der Waals surface area (Å²) >= 11 is 0. The third kappa shape index (κ3) is 26.7. The van der Waals surface area contributed by atoms with E-state index >= 15 is 0 Å². The van der Waals surface area contributed by atoms with E-state index < -0.39 is 5.60 Å². The average Bonchev–Trinajstić information content (AvgIpc) is 2.90. The topological polar surface area (TPSA) is 29.5 Å². The molecule has 0 aliphatic heterocycles. The van der Waals surface area contributed by atoms with Crippen LogP contribution in [-0.2, 0) is 4.74 Å². The minimum atomic E-state index is -0.559. The lowest BCUT2D eigenvalue weighted by molar-refractivity contribution is 0.0140. The van der Waals surface area contributed by atoms with E-state index in [1.165, 1.54) is 33.4 Å². The molecule has 0 bridgehead atoms. The maximum Gasteiger partial charge on any atom is 0.0622 e. The number of ether oxygens (including phenoxy) is 1. The van der Waals surface area contributed by atoms with Gasteiger partial charge < -0.3 is 9.84 Å². The van der Waals surface area contributed by atoms with Crippen molar-refractivity contribution in [3.05, 3.63) is 119 Å². The first-order chi connectivity index (χ1) is 20.1. The van der Waals surface area contributed by atoms with Gasteiger partial charge in [-0.05, 0) is 121 Å². The standard InChI is InChI=1S/C41H64O2/c1-34(22-14-24-36(3)26-16-28-38(5)30-18-32-40(7,8)42)20-12-13-21-35(2)23-15-25-37(4)27-17-29-39(6)31-19-33-41(9,10)43-11/h12-15,17,20-25,27-29,42H,16,18-19,26,30-33H2,1-11H3/b13-12+,22-14+,23-15+,27-17+,34-20+,35-21+,36-24+,37-25+,38-28+,39-29+. The van der Waals surface area contributed by atoms with Gasteiger partial charge in [-0.1, -0.05) is 119 Å². The van der Waals surface area contributed by atoms with Crippen LogP contribution in [0.15, 0.2) is 119 Å². The molecular formula is C41H64O2. The summed E-state index contributed by atoms with van der Waals surface area (Å²) in [6.07, 6.45) is 38.6. The van der Waals surface area contributed by atoms with Gasteiger partial charge in [0.15, 0.2) is 0 Å². The molecule has 0 atom stereocenters. The fourth-order valence-corrected chi connectivity index (χ4v) is 4.17. The number of allylic oxidation sites excluding steroid dienone is 20. The zero-order valence-corrected chi connectivity index (χ0v) is 29.6. The molecule has 0 saturated heterocycles. The van der Waals surface area contributed by atoms with Crippen molar-refractivity contribution in [1.29, 1.82) is 0 Å². The Hall–Kier alpha value is -2.68. The van der Waals surface area contributed by atoms with Crippen LogP contribution < -0.4 is 0 Å². The van der Waals surface area contributed by atoms with E-state index in [0.717, 1.165) is 51.4 Å². The summed E-state index contributed by atoms with van der Waals surface area (Å²) in [5.74, 6) is 0. The minimum absolute atomic E-state index is 0.0351. The molecule has 43 heavy (non-hydrogen) atoms. The van der Waals surface area contributed by atoms with Crippen LogP contribution in [0.25, 0.3) is 0 Å². The van der Waals surface area contributed by atoms with Crippen LogP contribution in [0.1, 0.15) is 121 Å². The second kappa shape index (κ2) is 22.8. The van der Waals surface area contributed by atoms with Gasteiger partial charge in [-0.2, -0.15) is 0 Å². The van der Waals surface area contributed by atoms with Crippen LogP contribution in [0.5, 0.6) is 0 Å². The van der Waals surface area contributed by atoms with E-state index in [9.17, 15) is 5.11 Å². The van der Waals surface area contributed by atoms with Crippen molar-refractivity contribution < 1.29 is 9.84 Å². The van der Waals surface area contributed by atoms with E-state index in [1.807, 2.05) is 13.8 Å². The van der Waals surface area contributed by atoms with Gasteiger partial charge in [-0.25, -0.2) is 0 Å². The molecule has 0 heterocycles. The van der Waals surface area contributed by atoms with E-state index in [0.29, 0.717) is 0 Å². The Bertz CT molecular complexity index is 1100. The number of rotatable bonds is 20. The van der Waals surface area contributed by atoms with E-state index in [4.69, 9.17) is 4.74 Å². The van der Waals surface area contributed by atoms with Gasteiger partial charge in [-0.15, -0.1) is 0 Å². The third-order valence-corrected chi connectivity index (χ3v) is 7.32. The van der Waals surface area contributed by atoms with Gasteiger partial charge in [0, 0.05) is 7.11 Å². The molecule has 2 heteroatoms. The molecular weight excluding hydrogens is 524 g/mol. The van der Waals surface area contributed by atoms with Crippen LogP contribution in [0.2, 0.25) is 0 Å². The molecule has 0 aliphatic carbocycles. The molecule has 0 aliphatic rings. The Morgan fingerprint density at radius 1 is 0.558 bits per heavy atom. The number of aliphatic hydroxyl groups is 1. The van der Waals surface area contributed by atoms with Crippen molar-refractivity contribution in [3.63, 3.8) is 0 Å². The summed E-state index contributed by atoms with van der Waals surface area (Å²) in [5.41, 5.74) is 7.26. The fourth-order valence-electron chi connectivity index (χ4n) is 4.17. The third-order valence-electron chi connectivity index (χ3n) is 7.32. The summed E-state index contributed by atoms with van der Waals surface area (Å²) in [7, 11) is 1.79. The SMILES string of the molecule is COC(C)(C)CCC/C(C)=C/C=C/C(C)=C/C=C/C(C)=C/C=C/C=C(C)/C=C/C=C(\C)CC/C=C(\C)CCCC(C)(C)O. The van der Waals surface area contributed by atoms with E-state index in [2.05, 4.69) is 140 Å². The molecule has 0 rings (SSSR count). The first-order valence-electron chi connectivity index (χ1n) is 16.1. The van der Waals surface area contributed by atoms with Crippen molar-refractivity contribution in [1.82, 2.24) is 0 Å². The Balaban J connectivity index is 4.58. The smallest absolute Gasteiger partial charge is 0.0622 e. The molecule has 0 spiro atoms. The lowest BCUT2D eigenvalue weighted by Gasteiger charge is -2.22. The molecule has 2 nitrogen and oxygen atoms in total. The number of methoxy groups -OCH3 is 1. The molecule has 0 aromatic heterocycles. The predicted octanol–water partition coefficient (Wildman–Crippen LogP) is 12.2. The maximum absolute atomic E-state index is 9.84. The molecule has 0 amide bonds. The van der Waals surface area contributed by atoms with Crippen molar-refractivity contribution in [3.8, 4) is 0 Å². The van der Waals surface area contributed by atoms with Gasteiger partial charge in [-0.3, -0.25) is 0 Å². The second-order valence-electron chi connectivity index (χ2n) is 13.3. The summed E-state index contributed by atoms with van der Waals surface area (Å²) in [5, 5.41) is 9.84. The Morgan fingerprint density at radius 3 is 1.47 bits per heavy atom. The Kier molecular flexibility index (Phi) is 21.4. The normalized spacial score (nSPS) is 15.8. The van der Waals surface area contributed by atoms with Crippen LogP contribution in [0.3, 0.4) is 0 Å². The van der Waals surface area contributed by atoms with Crippen molar-refractivity contribution in [2.24, 2.45) is 0 Å². The summed E-state index contributed by atoms with van der Waals surface area (Å²) in [6, 6.07) is 0. The molecule has 240 valence electrons. The lowest BCUT2D eigenvalue weighted by atomic mass is 9.99. The molecule has 1 N–H and O–H groups in total. The van der Waals surface area contributed by atoms with Crippen LogP contribution in [-0.4, -0.2) is 23.4 Å². The first kappa shape index (κ1) is 40.3. The molecule has 0 aromatic carbocycles. The summed E-state index contributed by atoms with van der Waals surface area (Å²) in [4.78, 5) is 0. The quantitative estimate of drug-likeness (QED) is 0.113. The van der Waals surface area contributed by atoms with Crippen LogP contribution in [0.4, 0.5) is 0 Å². The lowest BCUT2D eigenvalue weighted by Crippen LogP contribution is -2.21. The van der Waals surface area contributed by atoms with Crippen molar-refractivity contribution >= 4 is 0 Å². The van der Waals surface area contributed by atoms with Crippen LogP contribution in [0, 0.1) is 0 Å². The summed E-state index contributed by atoms with van der Waals surface area (Å²) < 4.78 is 5.50. The van der Waals surface area contributed by atoms with Crippen molar-refractivity contribution in [2.45, 2.75) is 132 Å². The van der Waals surface area contributed by atoms with Gasteiger partial charge in [0.2, 0.25) is 0 Å². The Labute approximate surface area is 266 Å². The second-order valence-corrected chi connectivity index (χ2v) is 13.3.